The molecule has 0 aliphatic carbocycles. The van der Waals surface area contributed by atoms with Gasteiger partial charge >= 0.3 is 0 Å². The molecule has 2 fully saturated rings. The molecule has 2 aliphatic rings. The monoisotopic (exact) mass is 546 g/mol. The minimum absolute atomic E-state index is 0.137. The SMILES string of the molecule is O=C(c1cccc(N2C(=O)CCC23CCC(=O)N3c2cccc(C(=O)c3ccccc3O)c2)c1)c1ccccc1O. The van der Waals surface area contributed by atoms with E-state index >= 15 is 0 Å². The van der Waals surface area contributed by atoms with E-state index in [1.165, 1.54) is 24.3 Å². The summed E-state index contributed by atoms with van der Waals surface area (Å²) in [4.78, 5) is 56.5. The van der Waals surface area contributed by atoms with Crippen LogP contribution in [0.3, 0.4) is 0 Å². The summed E-state index contributed by atoms with van der Waals surface area (Å²) in [5, 5.41) is 20.4. The number of amides is 2. The number of carbonyl (C=O) groups excluding carboxylic acids is 4. The van der Waals surface area contributed by atoms with E-state index in [1.54, 1.807) is 82.6 Å². The van der Waals surface area contributed by atoms with Crippen LogP contribution in [-0.4, -0.2) is 39.3 Å². The van der Waals surface area contributed by atoms with Crippen LogP contribution in [0.25, 0.3) is 0 Å². The van der Waals surface area contributed by atoms with E-state index in [0.717, 1.165) is 0 Å². The van der Waals surface area contributed by atoms with Crippen molar-refractivity contribution in [2.45, 2.75) is 31.3 Å². The number of anilines is 2. The number of carbonyl (C=O) groups is 4. The standard InChI is InChI=1S/C33H26N2O6/c36-27-13-3-1-11-25(27)31(40)21-7-5-9-23(19-21)34-29(38)15-17-33(34)18-16-30(39)35(33)24-10-6-8-22(20-24)32(41)26-12-2-4-14-28(26)37/h1-14,19-20,36-37H,15-18H2. The van der Waals surface area contributed by atoms with Crippen molar-refractivity contribution < 1.29 is 29.4 Å². The molecule has 41 heavy (non-hydrogen) atoms. The van der Waals surface area contributed by atoms with Gasteiger partial charge in [0.25, 0.3) is 0 Å². The number of aromatic hydroxyl groups is 2. The Morgan fingerprint density at radius 2 is 1.00 bits per heavy atom. The van der Waals surface area contributed by atoms with E-state index < -0.39 is 5.66 Å². The second-order valence-corrected chi connectivity index (χ2v) is 10.2. The van der Waals surface area contributed by atoms with E-state index in [9.17, 15) is 29.4 Å². The Kier molecular flexibility index (Phi) is 6.38. The zero-order valence-corrected chi connectivity index (χ0v) is 22.0. The maximum Gasteiger partial charge on any atom is 0.229 e. The highest BCUT2D eigenvalue weighted by molar-refractivity contribution is 6.13. The van der Waals surface area contributed by atoms with Gasteiger partial charge in [-0.15, -0.1) is 0 Å². The fourth-order valence-corrected chi connectivity index (χ4v) is 5.96. The molecule has 0 bridgehead atoms. The number of hydrogen-bond donors (Lipinski definition) is 2. The Morgan fingerprint density at radius 3 is 1.41 bits per heavy atom. The number of nitrogens with zero attached hydrogens (tertiary/aromatic N) is 2. The Morgan fingerprint density at radius 1 is 0.585 bits per heavy atom. The Labute approximate surface area is 236 Å². The summed E-state index contributed by atoms with van der Waals surface area (Å²) in [7, 11) is 0. The van der Waals surface area contributed by atoms with Crippen LogP contribution < -0.4 is 9.80 Å². The first-order valence-electron chi connectivity index (χ1n) is 13.3. The van der Waals surface area contributed by atoms with Crippen molar-refractivity contribution in [3.63, 3.8) is 0 Å². The molecule has 0 radical (unpaired) electrons. The maximum absolute atomic E-state index is 13.4. The number of para-hydroxylation sites is 2. The molecule has 0 atom stereocenters. The van der Waals surface area contributed by atoms with Gasteiger partial charge in [0.2, 0.25) is 11.8 Å². The molecule has 8 heteroatoms. The predicted octanol–water partition coefficient (Wildman–Crippen LogP) is 5.21. The molecular weight excluding hydrogens is 520 g/mol. The van der Waals surface area contributed by atoms with Crippen LogP contribution in [0, 0.1) is 0 Å². The van der Waals surface area contributed by atoms with Crippen molar-refractivity contribution in [1.29, 1.82) is 0 Å². The van der Waals surface area contributed by atoms with Crippen molar-refractivity contribution in [3.05, 3.63) is 119 Å². The lowest BCUT2D eigenvalue weighted by Gasteiger charge is -2.42. The van der Waals surface area contributed by atoms with Gasteiger partial charge in [0.05, 0.1) is 11.1 Å². The molecule has 4 aromatic rings. The fourth-order valence-electron chi connectivity index (χ4n) is 5.96. The second-order valence-electron chi connectivity index (χ2n) is 10.2. The highest BCUT2D eigenvalue weighted by atomic mass is 16.3. The van der Waals surface area contributed by atoms with Crippen molar-refractivity contribution in [3.8, 4) is 11.5 Å². The first-order valence-corrected chi connectivity index (χ1v) is 13.3. The smallest absolute Gasteiger partial charge is 0.229 e. The molecule has 0 aromatic heterocycles. The third kappa shape index (κ3) is 4.34. The van der Waals surface area contributed by atoms with Crippen molar-refractivity contribution in [2.75, 3.05) is 9.80 Å². The number of rotatable bonds is 6. The zero-order chi connectivity index (χ0) is 28.7. The van der Waals surface area contributed by atoms with Crippen LogP contribution in [0.5, 0.6) is 11.5 Å². The van der Waals surface area contributed by atoms with Crippen LogP contribution in [-0.2, 0) is 9.59 Å². The van der Waals surface area contributed by atoms with Crippen molar-refractivity contribution >= 4 is 34.8 Å². The topological polar surface area (TPSA) is 115 Å². The number of phenolic OH excluding ortho intramolecular Hbond substituents is 2. The average Bonchev–Trinajstić information content (AvgIpc) is 3.50. The van der Waals surface area contributed by atoms with Crippen molar-refractivity contribution in [1.82, 2.24) is 0 Å². The molecule has 0 unspecified atom stereocenters. The van der Waals surface area contributed by atoms with E-state index in [4.69, 9.17) is 0 Å². The first kappa shape index (κ1) is 26.0. The molecule has 2 aliphatic heterocycles. The summed E-state index contributed by atoms with van der Waals surface area (Å²) in [6, 6.07) is 25.8. The lowest BCUT2D eigenvalue weighted by atomic mass is 9.98. The summed E-state index contributed by atoms with van der Waals surface area (Å²) in [5.74, 6) is -1.41. The average molecular weight is 547 g/mol. The molecule has 0 saturated carbocycles. The summed E-state index contributed by atoms with van der Waals surface area (Å²) in [6.45, 7) is 0. The van der Waals surface area contributed by atoms with Crippen LogP contribution in [0.4, 0.5) is 11.4 Å². The van der Waals surface area contributed by atoms with E-state index in [0.29, 0.717) is 35.3 Å². The van der Waals surface area contributed by atoms with Gasteiger partial charge in [-0.25, -0.2) is 0 Å². The number of hydrogen-bond acceptors (Lipinski definition) is 6. The normalized spacial score (nSPS) is 16.0. The number of ketones is 2. The quantitative estimate of drug-likeness (QED) is 0.321. The number of benzene rings is 4. The lowest BCUT2D eigenvalue weighted by Crippen LogP contribution is -2.56. The highest BCUT2D eigenvalue weighted by Crippen LogP contribution is 2.47. The van der Waals surface area contributed by atoms with Gasteiger partial charge < -0.3 is 10.2 Å². The molecule has 2 saturated heterocycles. The Balaban J connectivity index is 1.39. The van der Waals surface area contributed by atoms with E-state index in [-0.39, 0.29) is 58.8 Å². The fraction of sp³-hybridized carbons (Fsp3) is 0.152. The molecular formula is C33H26N2O6. The molecule has 2 amide bonds. The largest absolute Gasteiger partial charge is 0.507 e. The van der Waals surface area contributed by atoms with Crippen LogP contribution in [0.1, 0.15) is 57.5 Å². The van der Waals surface area contributed by atoms with Gasteiger partial charge in [-0.05, 0) is 61.4 Å². The molecule has 204 valence electrons. The molecule has 2 heterocycles. The van der Waals surface area contributed by atoms with Crippen LogP contribution in [0.2, 0.25) is 0 Å². The first-order chi connectivity index (χ1) is 19.8. The van der Waals surface area contributed by atoms with Gasteiger partial charge in [-0.3, -0.25) is 29.0 Å². The Bertz CT molecular complexity index is 1600. The third-order valence-electron chi connectivity index (χ3n) is 7.84. The van der Waals surface area contributed by atoms with Crippen LogP contribution >= 0.6 is 0 Å². The van der Waals surface area contributed by atoms with Gasteiger partial charge in [0.1, 0.15) is 17.2 Å². The minimum Gasteiger partial charge on any atom is -0.507 e. The molecule has 1 spiro atoms. The molecule has 6 rings (SSSR count). The lowest BCUT2D eigenvalue weighted by molar-refractivity contribution is -0.117. The van der Waals surface area contributed by atoms with Gasteiger partial charge in [0, 0.05) is 35.3 Å². The second kappa shape index (κ2) is 10.1. The third-order valence-corrected chi connectivity index (χ3v) is 7.84. The summed E-state index contributed by atoms with van der Waals surface area (Å²) >= 11 is 0. The number of phenols is 2. The van der Waals surface area contributed by atoms with Gasteiger partial charge in [-0.1, -0.05) is 48.5 Å². The maximum atomic E-state index is 13.4. The summed E-state index contributed by atoms with van der Waals surface area (Å²) in [6.07, 6.45) is 1.18. The van der Waals surface area contributed by atoms with Gasteiger partial charge in [0.15, 0.2) is 11.6 Å². The van der Waals surface area contributed by atoms with Gasteiger partial charge in [-0.2, -0.15) is 0 Å². The molecule has 4 aromatic carbocycles. The molecule has 8 nitrogen and oxygen atoms in total. The molecule has 2 N–H and O–H groups in total. The van der Waals surface area contributed by atoms with Crippen LogP contribution in [0.15, 0.2) is 97.1 Å². The minimum atomic E-state index is -1.01. The zero-order valence-electron chi connectivity index (χ0n) is 22.0. The summed E-state index contributed by atoms with van der Waals surface area (Å²) < 4.78 is 0. The predicted molar refractivity (Wildman–Crippen MR) is 152 cm³/mol. The van der Waals surface area contributed by atoms with Crippen molar-refractivity contribution in [2.24, 2.45) is 0 Å². The Hall–Kier alpha value is -5.24. The highest BCUT2D eigenvalue weighted by Gasteiger charge is 2.56. The van der Waals surface area contributed by atoms with E-state index in [2.05, 4.69) is 0 Å². The summed E-state index contributed by atoms with van der Waals surface area (Å²) in [5.41, 5.74) is 0.813. The van der Waals surface area contributed by atoms with E-state index in [1.807, 2.05) is 0 Å².